The summed E-state index contributed by atoms with van der Waals surface area (Å²) in [6, 6.07) is 1.24. The molecule has 2 nitrogen and oxygen atoms in total. The molecule has 0 saturated carbocycles. The summed E-state index contributed by atoms with van der Waals surface area (Å²) in [5, 5.41) is 6.21. The fourth-order valence-corrected chi connectivity index (χ4v) is 0.881. The molecule has 0 amide bonds. The molecule has 0 aromatic rings. The number of allylic oxidation sites excluding steroid dienone is 1. The molecule has 0 aliphatic rings. The van der Waals surface area contributed by atoms with Gasteiger partial charge >= 0.3 is 0 Å². The molecule has 0 aliphatic carbocycles. The molecular weight excluding hydrogens is 128 g/mol. The van der Waals surface area contributed by atoms with Gasteiger partial charge in [0.15, 0.2) is 0 Å². The van der Waals surface area contributed by atoms with Crippen LogP contribution in [-0.4, -0.2) is 30.5 Å². The fourth-order valence-electron chi connectivity index (χ4n) is 0.609. The molecule has 54 valence electrons. The highest BCUT2D eigenvalue weighted by Gasteiger charge is 1.91. The van der Waals surface area contributed by atoms with E-state index < -0.39 is 0 Å². The van der Waals surface area contributed by atoms with Crippen molar-refractivity contribution in [3.8, 4) is 0 Å². The summed E-state index contributed by atoms with van der Waals surface area (Å²) in [6.45, 7) is 0. The second-order valence-electron chi connectivity index (χ2n) is 1.89. The minimum atomic E-state index is 0.346. The number of nitrogens with one attached hydrogen (secondary N) is 2. The first-order valence-corrected chi connectivity index (χ1v) is 4.77. The van der Waals surface area contributed by atoms with Crippen molar-refractivity contribution in [2.75, 3.05) is 14.1 Å². The quantitative estimate of drug-likeness (QED) is 0.303. The van der Waals surface area contributed by atoms with E-state index in [0.29, 0.717) is 6.17 Å². The third kappa shape index (κ3) is 4.38. The van der Waals surface area contributed by atoms with Crippen LogP contribution in [0.1, 0.15) is 0 Å². The van der Waals surface area contributed by atoms with E-state index in [1.54, 1.807) is 0 Å². The van der Waals surface area contributed by atoms with Crippen molar-refractivity contribution < 1.29 is 0 Å². The van der Waals surface area contributed by atoms with E-state index in [9.17, 15) is 0 Å². The van der Waals surface area contributed by atoms with E-state index in [4.69, 9.17) is 0 Å². The monoisotopic (exact) mass is 144 g/mol. The standard InChI is InChI=1S/C6H16N2Si/c1-7-6(8-2)4-3-5-9/h3-4,6-8H,5H2,1-2,9H3. The van der Waals surface area contributed by atoms with Crippen molar-refractivity contribution in [2.45, 2.75) is 12.2 Å². The molecule has 0 unspecified atom stereocenters. The average Bonchev–Trinajstić information content (AvgIpc) is 1.91. The van der Waals surface area contributed by atoms with Crippen LogP contribution < -0.4 is 10.6 Å². The SMILES string of the molecule is CNC(C=CC[SiH3])NC. The van der Waals surface area contributed by atoms with E-state index in [1.165, 1.54) is 16.3 Å². The van der Waals surface area contributed by atoms with Gasteiger partial charge in [-0.1, -0.05) is 12.2 Å². The molecular formula is C6H16N2Si. The van der Waals surface area contributed by atoms with Crippen LogP contribution in [0, 0.1) is 0 Å². The van der Waals surface area contributed by atoms with E-state index in [2.05, 4.69) is 22.8 Å². The first-order valence-electron chi connectivity index (χ1n) is 3.36. The van der Waals surface area contributed by atoms with Gasteiger partial charge in [-0.05, 0) is 20.1 Å². The Kier molecular flexibility index (Phi) is 5.92. The van der Waals surface area contributed by atoms with Crippen molar-refractivity contribution in [3.63, 3.8) is 0 Å². The minimum Gasteiger partial charge on any atom is -0.302 e. The minimum absolute atomic E-state index is 0.346. The van der Waals surface area contributed by atoms with E-state index in [-0.39, 0.29) is 0 Å². The fraction of sp³-hybridized carbons (Fsp3) is 0.667. The Morgan fingerprint density at radius 1 is 1.44 bits per heavy atom. The summed E-state index contributed by atoms with van der Waals surface area (Å²) in [7, 11) is 5.14. The van der Waals surface area contributed by atoms with Gasteiger partial charge in [0.05, 0.1) is 6.17 Å². The topological polar surface area (TPSA) is 24.1 Å². The number of likely N-dealkylation sites (N-methyl/N-ethyl adjacent to an activating group) is 2. The van der Waals surface area contributed by atoms with Crippen LogP contribution in [0.25, 0.3) is 0 Å². The first kappa shape index (κ1) is 8.88. The second-order valence-corrected chi connectivity index (χ2v) is 2.71. The molecule has 3 heteroatoms. The Balaban J connectivity index is 3.41. The van der Waals surface area contributed by atoms with Crippen molar-refractivity contribution in [1.82, 2.24) is 10.6 Å². The Hall–Kier alpha value is -0.123. The molecule has 0 atom stereocenters. The molecule has 0 aliphatic heterocycles. The summed E-state index contributed by atoms with van der Waals surface area (Å²) in [5.74, 6) is 0. The van der Waals surface area contributed by atoms with Gasteiger partial charge in [0.2, 0.25) is 0 Å². The molecule has 0 bridgehead atoms. The molecule has 0 fully saturated rings. The third-order valence-corrected chi connectivity index (χ3v) is 1.66. The van der Waals surface area contributed by atoms with Gasteiger partial charge in [0, 0.05) is 10.2 Å². The van der Waals surface area contributed by atoms with E-state index in [1.807, 2.05) is 14.1 Å². The van der Waals surface area contributed by atoms with Gasteiger partial charge in [0.1, 0.15) is 0 Å². The largest absolute Gasteiger partial charge is 0.302 e. The van der Waals surface area contributed by atoms with Crippen LogP contribution >= 0.6 is 0 Å². The molecule has 0 aromatic carbocycles. The predicted molar refractivity (Wildman–Crippen MR) is 45.8 cm³/mol. The Bertz CT molecular complexity index is 79.1. The molecule has 0 spiro atoms. The average molecular weight is 144 g/mol. The molecule has 9 heavy (non-hydrogen) atoms. The molecule has 0 heterocycles. The van der Waals surface area contributed by atoms with Crippen molar-refractivity contribution in [1.29, 1.82) is 0 Å². The normalized spacial score (nSPS) is 11.9. The van der Waals surface area contributed by atoms with Crippen LogP contribution in [0.3, 0.4) is 0 Å². The van der Waals surface area contributed by atoms with E-state index in [0.717, 1.165) is 0 Å². The predicted octanol–water partition coefficient (Wildman–Crippen LogP) is -0.909. The first-order chi connectivity index (χ1) is 4.35. The summed E-state index contributed by atoms with van der Waals surface area (Å²) < 4.78 is 0. The van der Waals surface area contributed by atoms with Gasteiger partial charge in [0.25, 0.3) is 0 Å². The lowest BCUT2D eigenvalue weighted by Gasteiger charge is -2.08. The van der Waals surface area contributed by atoms with Crippen molar-refractivity contribution in [3.05, 3.63) is 12.2 Å². The zero-order valence-corrected chi connectivity index (χ0v) is 8.44. The molecule has 0 rings (SSSR count). The summed E-state index contributed by atoms with van der Waals surface area (Å²) >= 11 is 0. The van der Waals surface area contributed by atoms with Crippen LogP contribution in [0.2, 0.25) is 6.04 Å². The smallest absolute Gasteiger partial charge is 0.0759 e. The third-order valence-electron chi connectivity index (χ3n) is 1.19. The zero-order valence-electron chi connectivity index (χ0n) is 6.44. The Morgan fingerprint density at radius 2 is 2.00 bits per heavy atom. The maximum Gasteiger partial charge on any atom is 0.0759 e. The molecule has 0 radical (unpaired) electrons. The lowest BCUT2D eigenvalue weighted by atomic mass is 10.4. The Labute approximate surface area is 60.1 Å². The number of hydrogen-bond donors (Lipinski definition) is 2. The van der Waals surface area contributed by atoms with Gasteiger partial charge < -0.3 is 10.6 Å². The second kappa shape index (κ2) is 6.00. The Morgan fingerprint density at radius 3 is 2.33 bits per heavy atom. The highest BCUT2D eigenvalue weighted by atomic mass is 28.1. The molecule has 2 N–H and O–H groups in total. The highest BCUT2D eigenvalue weighted by Crippen LogP contribution is 1.81. The van der Waals surface area contributed by atoms with Crippen LogP contribution in [0.5, 0.6) is 0 Å². The van der Waals surface area contributed by atoms with Crippen molar-refractivity contribution in [2.24, 2.45) is 0 Å². The van der Waals surface area contributed by atoms with Crippen LogP contribution in [0.15, 0.2) is 12.2 Å². The molecule has 0 saturated heterocycles. The zero-order chi connectivity index (χ0) is 7.11. The summed E-state index contributed by atoms with van der Waals surface area (Å²) in [4.78, 5) is 0. The summed E-state index contributed by atoms with van der Waals surface area (Å²) in [6.07, 6.45) is 4.69. The van der Waals surface area contributed by atoms with Crippen LogP contribution in [0.4, 0.5) is 0 Å². The maximum atomic E-state index is 3.10. The number of rotatable bonds is 4. The lowest BCUT2D eigenvalue weighted by Crippen LogP contribution is -2.35. The van der Waals surface area contributed by atoms with Crippen LogP contribution in [-0.2, 0) is 0 Å². The molecule has 0 aromatic heterocycles. The lowest BCUT2D eigenvalue weighted by molar-refractivity contribution is 0.587. The van der Waals surface area contributed by atoms with Gasteiger partial charge in [-0.3, -0.25) is 0 Å². The number of hydrogen-bond acceptors (Lipinski definition) is 2. The van der Waals surface area contributed by atoms with Gasteiger partial charge in [-0.25, -0.2) is 0 Å². The highest BCUT2D eigenvalue weighted by molar-refractivity contribution is 6.09. The van der Waals surface area contributed by atoms with E-state index >= 15 is 0 Å². The van der Waals surface area contributed by atoms with Gasteiger partial charge in [-0.15, -0.1) is 0 Å². The maximum absolute atomic E-state index is 3.10. The van der Waals surface area contributed by atoms with Crippen molar-refractivity contribution >= 4 is 10.2 Å². The summed E-state index contributed by atoms with van der Waals surface area (Å²) in [5.41, 5.74) is 0. The van der Waals surface area contributed by atoms with Gasteiger partial charge in [-0.2, -0.15) is 0 Å².